The lowest BCUT2D eigenvalue weighted by Crippen LogP contribution is -2.36. The molecule has 1 radical (unpaired) electrons. The summed E-state index contributed by atoms with van der Waals surface area (Å²) in [4.78, 5) is 31.6. The van der Waals surface area contributed by atoms with Gasteiger partial charge in [0, 0.05) is 18.0 Å². The van der Waals surface area contributed by atoms with Gasteiger partial charge in [0.2, 0.25) is 0 Å². The van der Waals surface area contributed by atoms with E-state index in [2.05, 4.69) is 32.0 Å². The molecule has 1 saturated carbocycles. The van der Waals surface area contributed by atoms with Gasteiger partial charge < -0.3 is 9.47 Å². The zero-order valence-electron chi connectivity index (χ0n) is 19.4. The molecule has 2 heterocycles. The fraction of sp³-hybridized carbons (Fsp3) is 0.444. The number of benzene rings is 1. The van der Waals surface area contributed by atoms with Crippen molar-refractivity contribution >= 4 is 17.6 Å². The van der Waals surface area contributed by atoms with Crippen LogP contribution in [0.15, 0.2) is 54.9 Å². The molecule has 33 heavy (non-hydrogen) atoms. The molecule has 1 aliphatic carbocycles. The summed E-state index contributed by atoms with van der Waals surface area (Å²) in [5, 5.41) is 0. The summed E-state index contributed by atoms with van der Waals surface area (Å²) in [6, 6.07) is 12.8. The summed E-state index contributed by atoms with van der Waals surface area (Å²) < 4.78 is 11.4. The van der Waals surface area contributed by atoms with Gasteiger partial charge in [-0.15, -0.1) is 0 Å². The van der Waals surface area contributed by atoms with Crippen LogP contribution in [0.4, 0.5) is 4.79 Å². The topological polar surface area (TPSA) is 68.7 Å². The third-order valence-electron chi connectivity index (χ3n) is 6.66. The van der Waals surface area contributed by atoms with Crippen LogP contribution in [-0.2, 0) is 14.3 Å². The molecule has 0 bridgehead atoms. The first-order valence-corrected chi connectivity index (χ1v) is 11.7. The molecule has 173 valence electrons. The van der Waals surface area contributed by atoms with E-state index in [1.807, 2.05) is 30.3 Å². The number of esters is 1. The van der Waals surface area contributed by atoms with E-state index in [1.54, 1.807) is 24.5 Å². The molecule has 0 spiro atoms. The summed E-state index contributed by atoms with van der Waals surface area (Å²) in [7, 11) is 0. The molecule has 1 unspecified atom stereocenters. The van der Waals surface area contributed by atoms with Gasteiger partial charge in [0.05, 0.1) is 17.8 Å². The highest BCUT2D eigenvalue weighted by atomic mass is 16.6. The fourth-order valence-electron chi connectivity index (χ4n) is 4.77. The van der Waals surface area contributed by atoms with Crippen LogP contribution < -0.4 is 0 Å². The van der Waals surface area contributed by atoms with Crippen LogP contribution in [0.3, 0.4) is 0 Å². The van der Waals surface area contributed by atoms with Crippen molar-refractivity contribution in [2.45, 2.75) is 52.2 Å². The van der Waals surface area contributed by atoms with E-state index >= 15 is 0 Å². The van der Waals surface area contributed by atoms with E-state index in [4.69, 9.17) is 9.47 Å². The number of ether oxygens (including phenoxy) is 2. The van der Waals surface area contributed by atoms with Gasteiger partial charge in [0.1, 0.15) is 12.7 Å². The minimum absolute atomic E-state index is 0.162. The van der Waals surface area contributed by atoms with Crippen LogP contribution in [0.1, 0.15) is 57.2 Å². The Morgan fingerprint density at radius 3 is 2.67 bits per heavy atom. The predicted molar refractivity (Wildman–Crippen MR) is 124 cm³/mol. The van der Waals surface area contributed by atoms with Gasteiger partial charge in [-0.3, -0.25) is 9.88 Å². The van der Waals surface area contributed by atoms with Crippen molar-refractivity contribution in [3.63, 3.8) is 0 Å². The van der Waals surface area contributed by atoms with Crippen molar-refractivity contribution < 1.29 is 19.1 Å². The standard InChI is InChI=1S/C27H31N2O4/c1-18(2)22-12-11-19(3)14-25(22)33-26(30)23(21-10-7-13-28-15-21)16-29-24(17-32-27(29)31)20-8-5-4-6-9-20/h4-10,13,15,18-19,22,24-25H,11-12,14,17H2,1-3H3/t19?,22-,24-,25+/m0/s1. The Balaban J connectivity index is 1.66. The number of amides is 1. The maximum Gasteiger partial charge on any atom is 0.415 e. The number of hydrogen-bond acceptors (Lipinski definition) is 5. The first kappa shape index (κ1) is 23.0. The predicted octanol–water partition coefficient (Wildman–Crippen LogP) is 5.42. The van der Waals surface area contributed by atoms with Crippen molar-refractivity contribution in [3.05, 3.63) is 72.2 Å². The van der Waals surface area contributed by atoms with Crippen molar-refractivity contribution in [2.75, 3.05) is 6.61 Å². The van der Waals surface area contributed by atoms with E-state index in [-0.39, 0.29) is 24.3 Å². The fourth-order valence-corrected chi connectivity index (χ4v) is 4.77. The summed E-state index contributed by atoms with van der Waals surface area (Å²) >= 11 is 0. The quantitative estimate of drug-likeness (QED) is 0.437. The maximum absolute atomic E-state index is 13.5. The van der Waals surface area contributed by atoms with E-state index in [0.29, 0.717) is 23.3 Å². The molecule has 1 amide bonds. The molecule has 2 fully saturated rings. The average molecular weight is 448 g/mol. The second kappa shape index (κ2) is 10.2. The number of pyridine rings is 1. The van der Waals surface area contributed by atoms with Crippen LogP contribution in [0, 0.1) is 24.0 Å². The Bertz CT molecular complexity index is 990. The zero-order chi connectivity index (χ0) is 23.4. The van der Waals surface area contributed by atoms with E-state index in [0.717, 1.165) is 24.8 Å². The van der Waals surface area contributed by atoms with Gasteiger partial charge in [-0.2, -0.15) is 0 Å². The molecule has 4 rings (SSSR count). The van der Waals surface area contributed by atoms with Crippen molar-refractivity contribution in [2.24, 2.45) is 17.8 Å². The number of hydrogen-bond donors (Lipinski definition) is 0. The third kappa shape index (κ3) is 5.27. The summed E-state index contributed by atoms with van der Waals surface area (Å²) in [6.07, 6.45) is 8.59. The van der Waals surface area contributed by atoms with Crippen LogP contribution >= 0.6 is 0 Å². The Kier molecular flexibility index (Phi) is 7.11. The minimum atomic E-state index is -0.538. The summed E-state index contributed by atoms with van der Waals surface area (Å²) in [6.45, 7) is 6.75. The van der Waals surface area contributed by atoms with Crippen molar-refractivity contribution in [3.8, 4) is 0 Å². The van der Waals surface area contributed by atoms with Crippen LogP contribution in [-0.4, -0.2) is 34.7 Å². The van der Waals surface area contributed by atoms with Crippen LogP contribution in [0.25, 0.3) is 5.57 Å². The third-order valence-corrected chi connectivity index (χ3v) is 6.66. The molecule has 1 aromatic carbocycles. The molecular weight excluding hydrogens is 416 g/mol. The first-order valence-electron chi connectivity index (χ1n) is 11.7. The van der Waals surface area contributed by atoms with E-state index in [1.165, 1.54) is 4.90 Å². The molecule has 2 aromatic rings. The van der Waals surface area contributed by atoms with Crippen LogP contribution in [0.5, 0.6) is 0 Å². The highest BCUT2D eigenvalue weighted by Gasteiger charge is 2.37. The molecule has 4 atom stereocenters. The molecule has 1 aliphatic heterocycles. The lowest BCUT2D eigenvalue weighted by atomic mass is 9.75. The normalized spacial score (nSPS) is 25.8. The van der Waals surface area contributed by atoms with E-state index < -0.39 is 12.1 Å². The lowest BCUT2D eigenvalue weighted by molar-refractivity contribution is -0.148. The smallest absolute Gasteiger partial charge is 0.415 e. The Morgan fingerprint density at radius 2 is 1.97 bits per heavy atom. The van der Waals surface area contributed by atoms with Gasteiger partial charge in [-0.25, -0.2) is 9.59 Å². The van der Waals surface area contributed by atoms with Crippen molar-refractivity contribution in [1.29, 1.82) is 0 Å². The summed E-state index contributed by atoms with van der Waals surface area (Å²) in [5.41, 5.74) is 1.65. The van der Waals surface area contributed by atoms with Crippen molar-refractivity contribution in [1.82, 2.24) is 9.88 Å². The molecule has 2 aliphatic rings. The monoisotopic (exact) mass is 447 g/mol. The highest BCUT2D eigenvalue weighted by Crippen LogP contribution is 2.36. The Hall–Kier alpha value is -3.15. The van der Waals surface area contributed by atoms with Gasteiger partial charge in [-0.1, -0.05) is 63.6 Å². The van der Waals surface area contributed by atoms with Gasteiger partial charge in [0.15, 0.2) is 0 Å². The van der Waals surface area contributed by atoms with E-state index in [9.17, 15) is 9.59 Å². The molecule has 6 nitrogen and oxygen atoms in total. The summed E-state index contributed by atoms with van der Waals surface area (Å²) in [5.74, 6) is 0.748. The average Bonchev–Trinajstić information content (AvgIpc) is 3.18. The number of aromatic nitrogens is 1. The molecule has 0 N–H and O–H groups in total. The molecule has 6 heteroatoms. The second-order valence-electron chi connectivity index (χ2n) is 9.37. The minimum Gasteiger partial charge on any atom is -0.458 e. The number of cyclic esters (lactones) is 1. The van der Waals surface area contributed by atoms with Gasteiger partial charge in [-0.05, 0) is 42.2 Å². The van der Waals surface area contributed by atoms with Gasteiger partial charge in [0.25, 0.3) is 0 Å². The first-order chi connectivity index (χ1) is 15.9. The second-order valence-corrected chi connectivity index (χ2v) is 9.37. The molecular formula is C27H31N2O4. The molecule has 1 saturated heterocycles. The Labute approximate surface area is 195 Å². The number of carbonyl (C=O) groups is 2. The largest absolute Gasteiger partial charge is 0.458 e. The molecule has 1 aromatic heterocycles. The number of nitrogens with zero attached hydrogens (tertiary/aromatic N) is 2. The lowest BCUT2D eigenvalue weighted by Gasteiger charge is -2.36. The van der Waals surface area contributed by atoms with Gasteiger partial charge >= 0.3 is 12.1 Å². The number of rotatable bonds is 6. The maximum atomic E-state index is 13.5. The highest BCUT2D eigenvalue weighted by molar-refractivity contribution is 6.15. The van der Waals surface area contributed by atoms with Crippen LogP contribution in [0.2, 0.25) is 0 Å². The SMILES string of the molecule is CC1CC[C@@H](C(C)C)[C@H](OC(=O)C(=[C]N2C(=O)OC[C@H]2c2ccccc2)c2cccnc2)C1. The Morgan fingerprint density at radius 1 is 1.18 bits per heavy atom. The zero-order valence-corrected chi connectivity index (χ0v) is 19.4. The number of carbonyl (C=O) groups excluding carboxylic acids is 2.